The van der Waals surface area contributed by atoms with Crippen molar-refractivity contribution in [3.63, 3.8) is 0 Å². The van der Waals surface area contributed by atoms with Crippen LogP contribution in [-0.2, 0) is 16.5 Å². The summed E-state index contributed by atoms with van der Waals surface area (Å²) < 4.78 is 73.2. The second-order valence-electron chi connectivity index (χ2n) is 6.76. The Morgan fingerprint density at radius 2 is 1.79 bits per heavy atom. The Kier molecular flexibility index (Phi) is 4.34. The van der Waals surface area contributed by atoms with E-state index in [2.05, 4.69) is 5.10 Å². The third kappa shape index (κ3) is 3.23. The van der Waals surface area contributed by atoms with Crippen molar-refractivity contribution in [2.24, 2.45) is 0 Å². The highest BCUT2D eigenvalue weighted by molar-refractivity contribution is 5.35. The van der Waals surface area contributed by atoms with E-state index in [-0.39, 0.29) is 17.9 Å². The number of benzene rings is 2. The molecule has 0 unspecified atom stereocenters. The van der Waals surface area contributed by atoms with Gasteiger partial charge in [-0.3, -0.25) is 4.57 Å². The van der Waals surface area contributed by atoms with Crippen LogP contribution in [0.2, 0.25) is 0 Å². The molecule has 0 saturated carbocycles. The molecule has 10 heteroatoms. The minimum absolute atomic E-state index is 0.112. The highest BCUT2D eigenvalue weighted by Gasteiger charge is 2.54. The summed E-state index contributed by atoms with van der Waals surface area (Å²) in [5, 5.41) is 3.95. The molecule has 1 fully saturated rings. The minimum atomic E-state index is -4.49. The van der Waals surface area contributed by atoms with Gasteiger partial charge in [0.1, 0.15) is 23.6 Å². The first kappa shape index (κ1) is 19.3. The number of rotatable bonds is 4. The summed E-state index contributed by atoms with van der Waals surface area (Å²) in [6.45, 7) is 1.74. The molecule has 5 nitrogen and oxygen atoms in total. The van der Waals surface area contributed by atoms with E-state index in [4.69, 9.17) is 4.74 Å². The Morgan fingerprint density at radius 1 is 1.14 bits per heavy atom. The van der Waals surface area contributed by atoms with E-state index in [0.717, 1.165) is 41.1 Å². The highest BCUT2D eigenvalue weighted by Crippen LogP contribution is 2.48. The maximum Gasteiger partial charge on any atom is 0.416 e. The van der Waals surface area contributed by atoms with Gasteiger partial charge in [-0.2, -0.15) is 23.0 Å². The van der Waals surface area contributed by atoms with Gasteiger partial charge in [0, 0.05) is 11.6 Å². The summed E-state index contributed by atoms with van der Waals surface area (Å²) >= 11 is 0. The van der Waals surface area contributed by atoms with E-state index in [1.165, 1.54) is 17.0 Å². The first-order valence-corrected chi connectivity index (χ1v) is 8.57. The van der Waals surface area contributed by atoms with Crippen molar-refractivity contribution < 1.29 is 26.7 Å². The van der Waals surface area contributed by atoms with Crippen LogP contribution < -0.4 is 5.69 Å². The Morgan fingerprint density at radius 3 is 2.34 bits per heavy atom. The summed E-state index contributed by atoms with van der Waals surface area (Å²) in [6.07, 6.45) is -3.29. The average Bonchev–Trinajstić information content (AvgIpc) is 3.37. The third-order valence-corrected chi connectivity index (χ3v) is 5.07. The standard InChI is InChI=1S/C19H14F5N3O2/c1-11(18(9-29-18)15-7-4-13(20)8-16(15)21)26-10-25-27(17(26)28)14-5-2-12(3-6-14)19(22,23)24/h2-8,10-11H,9H2,1H3/t11-,18+/m1/s1. The number of hydrogen-bond acceptors (Lipinski definition) is 3. The predicted molar refractivity (Wildman–Crippen MR) is 91.5 cm³/mol. The van der Waals surface area contributed by atoms with Gasteiger partial charge in [0.15, 0.2) is 0 Å². The van der Waals surface area contributed by atoms with Gasteiger partial charge in [0.05, 0.1) is 23.9 Å². The predicted octanol–water partition coefficient (Wildman–Crippen LogP) is 3.82. The molecule has 1 aliphatic rings. The molecule has 4 rings (SSSR count). The minimum Gasteiger partial charge on any atom is -0.362 e. The first-order valence-electron chi connectivity index (χ1n) is 8.57. The zero-order chi connectivity index (χ0) is 21.0. The molecular formula is C19H14F5N3O2. The zero-order valence-corrected chi connectivity index (χ0v) is 15.0. The average molecular weight is 411 g/mol. The molecule has 2 aromatic carbocycles. The Hall–Kier alpha value is -3.01. The summed E-state index contributed by atoms with van der Waals surface area (Å²) in [5.74, 6) is -1.53. The molecular weight excluding hydrogens is 397 g/mol. The monoisotopic (exact) mass is 411 g/mol. The van der Waals surface area contributed by atoms with Crippen LogP contribution in [0.5, 0.6) is 0 Å². The fourth-order valence-electron chi connectivity index (χ4n) is 3.31. The Labute approximate surface area is 161 Å². The van der Waals surface area contributed by atoms with Crippen LogP contribution in [0.15, 0.2) is 53.6 Å². The van der Waals surface area contributed by atoms with Gasteiger partial charge in [-0.1, -0.05) is 6.07 Å². The number of halogens is 5. The van der Waals surface area contributed by atoms with Gasteiger partial charge in [-0.05, 0) is 37.3 Å². The van der Waals surface area contributed by atoms with Gasteiger partial charge in [-0.25, -0.2) is 13.6 Å². The molecule has 1 aromatic heterocycles. The molecule has 3 aromatic rings. The molecule has 0 bridgehead atoms. The molecule has 1 saturated heterocycles. The van der Waals surface area contributed by atoms with E-state index in [9.17, 15) is 26.7 Å². The Bertz CT molecular complexity index is 1110. The SMILES string of the molecule is C[C@@H](n1cnn(-c2ccc(C(F)(F)F)cc2)c1=O)[C@]1(c2ccc(F)cc2F)CO1. The fraction of sp³-hybridized carbons (Fsp3) is 0.263. The molecule has 1 aliphatic heterocycles. The maximum atomic E-state index is 14.2. The highest BCUT2D eigenvalue weighted by atomic mass is 19.4. The molecule has 2 atom stereocenters. The third-order valence-electron chi connectivity index (χ3n) is 5.07. The topological polar surface area (TPSA) is 52.4 Å². The number of alkyl halides is 3. The van der Waals surface area contributed by atoms with Crippen molar-refractivity contribution in [1.82, 2.24) is 14.3 Å². The van der Waals surface area contributed by atoms with Crippen molar-refractivity contribution in [2.45, 2.75) is 24.7 Å². The van der Waals surface area contributed by atoms with Gasteiger partial charge < -0.3 is 4.74 Å². The van der Waals surface area contributed by atoms with Crippen molar-refractivity contribution in [2.75, 3.05) is 6.61 Å². The van der Waals surface area contributed by atoms with Crippen molar-refractivity contribution in [3.8, 4) is 5.69 Å². The smallest absolute Gasteiger partial charge is 0.362 e. The molecule has 0 amide bonds. The first-order chi connectivity index (χ1) is 13.6. The molecule has 0 radical (unpaired) electrons. The summed E-state index contributed by atoms with van der Waals surface area (Å²) in [6, 6.07) is 6.37. The molecule has 0 N–H and O–H groups in total. The summed E-state index contributed by atoms with van der Waals surface area (Å²) in [4.78, 5) is 12.8. The normalized spacial score (nSPS) is 19.9. The van der Waals surface area contributed by atoms with E-state index in [1.807, 2.05) is 0 Å². The molecule has 152 valence electrons. The van der Waals surface area contributed by atoms with E-state index in [0.29, 0.717) is 0 Å². The summed E-state index contributed by atoms with van der Waals surface area (Å²) in [7, 11) is 0. The van der Waals surface area contributed by atoms with Gasteiger partial charge in [-0.15, -0.1) is 0 Å². The second kappa shape index (κ2) is 6.51. The number of epoxide rings is 1. The Balaban J connectivity index is 1.67. The fourth-order valence-corrected chi connectivity index (χ4v) is 3.31. The summed E-state index contributed by atoms with van der Waals surface area (Å²) in [5.41, 5.74) is -2.38. The van der Waals surface area contributed by atoms with Crippen LogP contribution >= 0.6 is 0 Å². The van der Waals surface area contributed by atoms with E-state index < -0.39 is 40.7 Å². The quantitative estimate of drug-likeness (QED) is 0.485. The van der Waals surface area contributed by atoms with E-state index in [1.54, 1.807) is 6.92 Å². The number of nitrogens with zero attached hydrogens (tertiary/aromatic N) is 3. The zero-order valence-electron chi connectivity index (χ0n) is 15.0. The van der Waals surface area contributed by atoms with E-state index >= 15 is 0 Å². The molecule has 29 heavy (non-hydrogen) atoms. The largest absolute Gasteiger partial charge is 0.416 e. The van der Waals surface area contributed by atoms with Gasteiger partial charge in [0.2, 0.25) is 0 Å². The second-order valence-corrected chi connectivity index (χ2v) is 6.76. The van der Waals surface area contributed by atoms with Crippen molar-refractivity contribution in [1.29, 1.82) is 0 Å². The van der Waals surface area contributed by atoms with Gasteiger partial charge in [0.25, 0.3) is 0 Å². The van der Waals surface area contributed by atoms with Crippen LogP contribution in [-0.4, -0.2) is 21.0 Å². The molecule has 0 aliphatic carbocycles. The van der Waals surface area contributed by atoms with Crippen LogP contribution in [0.25, 0.3) is 5.69 Å². The van der Waals surface area contributed by atoms with Gasteiger partial charge >= 0.3 is 11.9 Å². The van der Waals surface area contributed by atoms with Crippen LogP contribution in [0, 0.1) is 11.6 Å². The lowest BCUT2D eigenvalue weighted by molar-refractivity contribution is -0.137. The van der Waals surface area contributed by atoms with Crippen molar-refractivity contribution in [3.05, 3.63) is 82.0 Å². The van der Waals surface area contributed by atoms with Crippen LogP contribution in [0.3, 0.4) is 0 Å². The number of hydrogen-bond donors (Lipinski definition) is 0. The maximum absolute atomic E-state index is 14.2. The lowest BCUT2D eigenvalue weighted by Crippen LogP contribution is -2.33. The lowest BCUT2D eigenvalue weighted by Gasteiger charge is -2.21. The molecule has 2 heterocycles. The lowest BCUT2D eigenvalue weighted by atomic mass is 9.92. The number of aromatic nitrogens is 3. The molecule has 0 spiro atoms. The number of ether oxygens (including phenoxy) is 1. The van der Waals surface area contributed by atoms with Crippen LogP contribution in [0.4, 0.5) is 22.0 Å². The van der Waals surface area contributed by atoms with Crippen molar-refractivity contribution >= 4 is 0 Å². The van der Waals surface area contributed by atoms with Crippen LogP contribution in [0.1, 0.15) is 24.1 Å².